The maximum absolute atomic E-state index is 11.6. The minimum absolute atomic E-state index is 0. The van der Waals surface area contributed by atoms with E-state index in [1.165, 1.54) is 6.07 Å². The van der Waals surface area contributed by atoms with Crippen LogP contribution in [0.5, 0.6) is 5.75 Å². The maximum atomic E-state index is 11.6. The Kier molecular flexibility index (Phi) is 9.49. The number of nitrogens with two attached hydrogens (primary N) is 1. The summed E-state index contributed by atoms with van der Waals surface area (Å²) in [4.78, 5) is 10.9. The van der Waals surface area contributed by atoms with E-state index in [2.05, 4.69) is 46.2 Å². The summed E-state index contributed by atoms with van der Waals surface area (Å²) in [5.41, 5.74) is 7.10. The van der Waals surface area contributed by atoms with Gasteiger partial charge < -0.3 is 31.1 Å². The Hall–Kier alpha value is -2.76. The van der Waals surface area contributed by atoms with Gasteiger partial charge in [-0.1, -0.05) is 5.04 Å². The zero-order chi connectivity index (χ0) is 25.9. The number of nitrogens with one attached hydrogen (secondary N) is 1. The molecule has 0 bridgehead atoms. The number of benzene rings is 3. The van der Waals surface area contributed by atoms with Crippen LogP contribution in [0.3, 0.4) is 0 Å². The molecule has 0 saturated carbocycles. The van der Waals surface area contributed by atoms with Gasteiger partial charge in [-0.2, -0.15) is 13.5 Å². The minimum Gasteiger partial charge on any atom is -0.507 e. The quantitative estimate of drug-likeness (QED) is 0.0282. The molecule has 0 saturated heterocycles. The van der Waals surface area contributed by atoms with E-state index in [9.17, 15) is 18.1 Å². The Morgan fingerprint density at radius 1 is 1.14 bits per heavy atom. The van der Waals surface area contributed by atoms with Crippen molar-refractivity contribution in [3.63, 3.8) is 0 Å². The smallest absolute Gasteiger partial charge is 0.294 e. The van der Waals surface area contributed by atoms with Crippen molar-refractivity contribution in [3.8, 4) is 5.75 Å². The van der Waals surface area contributed by atoms with Gasteiger partial charge in [0.1, 0.15) is 17.4 Å². The zero-order valence-electron chi connectivity index (χ0n) is 18.3. The van der Waals surface area contributed by atoms with Gasteiger partial charge in [0.2, 0.25) is 0 Å². The molecule has 0 aliphatic heterocycles. The van der Waals surface area contributed by atoms with Crippen LogP contribution in [0.15, 0.2) is 62.5 Å². The van der Waals surface area contributed by atoms with Crippen LogP contribution in [-0.4, -0.2) is 46.1 Å². The predicted molar refractivity (Wildman–Crippen MR) is 128 cm³/mol. The topological polar surface area (TPSA) is 215 Å². The van der Waals surface area contributed by atoms with Gasteiger partial charge >= 0.3 is 0 Å². The summed E-state index contributed by atoms with van der Waals surface area (Å²) < 4.78 is 37.0. The summed E-state index contributed by atoms with van der Waals surface area (Å²) in [7, 11) is 0.871. The van der Waals surface area contributed by atoms with Gasteiger partial charge in [-0.25, -0.2) is 5.26 Å². The van der Waals surface area contributed by atoms with Gasteiger partial charge in [-0.3, -0.25) is 4.55 Å². The van der Waals surface area contributed by atoms with Crippen LogP contribution in [0.2, 0.25) is 0 Å². The Labute approximate surface area is 239 Å². The molecule has 0 amide bonds. The van der Waals surface area contributed by atoms with Crippen LogP contribution in [-0.2, 0) is 52.2 Å². The summed E-state index contributed by atoms with van der Waals surface area (Å²) in [5, 5.41) is 33.9. The van der Waals surface area contributed by atoms with Gasteiger partial charge in [0.25, 0.3) is 10.1 Å². The van der Waals surface area contributed by atoms with Gasteiger partial charge in [-0.05, 0) is 47.5 Å². The molecule has 0 spiro atoms. The van der Waals surface area contributed by atoms with Gasteiger partial charge in [0.05, 0.1) is 46.4 Å². The summed E-state index contributed by atoms with van der Waals surface area (Å²) >= 11 is 0.492. The van der Waals surface area contributed by atoms with Crippen LogP contribution in [0.1, 0.15) is 0 Å². The number of fused-ring (bicyclic) bond motifs is 1. The predicted octanol–water partition coefficient (Wildman–Crippen LogP) is 2.74. The molecule has 0 aliphatic carbocycles. The molecule has 185 valence electrons. The van der Waals surface area contributed by atoms with E-state index in [1.54, 1.807) is 24.3 Å². The van der Waals surface area contributed by atoms with E-state index in [-0.39, 0.29) is 71.4 Å². The molecule has 0 unspecified atom stereocenters. The molecule has 0 atom stereocenters. The number of nitrogens with zero attached hydrogens (tertiary/aromatic N) is 5. The summed E-state index contributed by atoms with van der Waals surface area (Å²) in [6.45, 7) is 0. The number of hydrogen-bond acceptors (Lipinski definition) is 14. The molecule has 6 N–H and O–H groups in total. The molecule has 14 nitrogen and oxygen atoms in total. The van der Waals surface area contributed by atoms with Crippen molar-refractivity contribution >= 4 is 75.2 Å². The van der Waals surface area contributed by atoms with Crippen molar-refractivity contribution in [2.45, 2.75) is 9.79 Å². The molecule has 1 heterocycles. The van der Waals surface area contributed by atoms with Crippen molar-refractivity contribution < 1.29 is 65.4 Å². The molecule has 3 radical (unpaired) electrons. The van der Waals surface area contributed by atoms with E-state index >= 15 is 0 Å². The second-order valence-electron chi connectivity index (χ2n) is 6.87. The Morgan fingerprint density at radius 2 is 1.86 bits per heavy atom. The van der Waals surface area contributed by atoms with Crippen molar-refractivity contribution in [2.24, 2.45) is 10.2 Å². The first-order valence-electron chi connectivity index (χ1n) is 9.53. The molecule has 18 heteroatoms. The molecule has 3 aromatic carbocycles. The number of azo groups is 1. The SMILES string of the molecule is [B]c1n[c-]nc(Nc2ccc(N=Nc3c(N)c(SOOO)cc4cc(S(=O)(=O)O)cc(O)c34)cc2)n1.[Y]. The molecule has 4 aromatic rings. The van der Waals surface area contributed by atoms with E-state index < -0.39 is 20.8 Å². The zero-order valence-corrected chi connectivity index (χ0v) is 22.8. The summed E-state index contributed by atoms with van der Waals surface area (Å²) in [6, 6.07) is 9.81. The Morgan fingerprint density at radius 3 is 2.51 bits per heavy atom. The van der Waals surface area contributed by atoms with Crippen molar-refractivity contribution in [1.29, 1.82) is 0 Å². The third-order valence-electron chi connectivity index (χ3n) is 4.55. The summed E-state index contributed by atoms with van der Waals surface area (Å²) in [5.74, 6) is -0.330. The normalized spacial score (nSPS) is 11.5. The number of nitrogen functional groups attached to an aromatic ring is 1. The minimum atomic E-state index is -4.63. The van der Waals surface area contributed by atoms with Crippen molar-refractivity contribution in [3.05, 3.63) is 48.8 Å². The molecular weight excluding hydrogens is 602 g/mol. The number of rotatable bonds is 8. The van der Waals surface area contributed by atoms with Crippen LogP contribution >= 0.6 is 12.0 Å². The van der Waals surface area contributed by atoms with Gasteiger partial charge in [0.15, 0.2) is 0 Å². The molecule has 37 heavy (non-hydrogen) atoms. The van der Waals surface area contributed by atoms with Crippen LogP contribution in [0, 0.1) is 6.33 Å². The number of hydrogen-bond donors (Lipinski definition) is 5. The number of phenols is 1. The fourth-order valence-corrected chi connectivity index (χ4v) is 4.03. The van der Waals surface area contributed by atoms with E-state index in [4.69, 9.17) is 18.8 Å². The van der Waals surface area contributed by atoms with Crippen molar-refractivity contribution in [1.82, 2.24) is 15.0 Å². The molecular formula is C19H13BN7O7S2Y-. The molecule has 4 rings (SSSR count). The number of aromatic nitrogens is 3. The molecule has 0 aliphatic rings. The Bertz CT molecular complexity index is 1580. The molecule has 1 aromatic heterocycles. The maximum Gasteiger partial charge on any atom is 0.294 e. The number of phenolic OH excluding ortho intramolecular Hbond substituents is 1. The second-order valence-corrected chi connectivity index (χ2v) is 9.03. The van der Waals surface area contributed by atoms with Crippen LogP contribution in [0.25, 0.3) is 10.8 Å². The third kappa shape index (κ3) is 6.97. The van der Waals surface area contributed by atoms with Crippen molar-refractivity contribution in [2.75, 3.05) is 11.1 Å². The first-order chi connectivity index (χ1) is 17.2. The second kappa shape index (κ2) is 12.2. The first kappa shape index (κ1) is 28.8. The fourth-order valence-electron chi connectivity index (χ4n) is 3.02. The average molecular weight is 615 g/mol. The average Bonchev–Trinajstić information content (AvgIpc) is 2.82. The van der Waals surface area contributed by atoms with Crippen LogP contribution in [0.4, 0.5) is 28.7 Å². The van der Waals surface area contributed by atoms with E-state index in [1.807, 2.05) is 0 Å². The largest absolute Gasteiger partial charge is 0.507 e. The standard InChI is InChI=1S/C19H13BN7O7S2.Y/c20-18-22-8-23-19(25-18)24-10-1-3-11(4-2-10)26-27-17-15-9(6-14(16(17)21)35-34-33-29)5-12(7-13(15)28)36(30,31)32;/h1-7,28-29H,21H2,(H,30,31,32)(H,22,23,24,25);/q-1;. The summed E-state index contributed by atoms with van der Waals surface area (Å²) in [6.07, 6.45) is 2.36. The van der Waals surface area contributed by atoms with Gasteiger partial charge in [-0.15, -0.1) is 9.45 Å². The number of aromatic hydroxyl groups is 1. The van der Waals surface area contributed by atoms with Crippen LogP contribution < -0.4 is 16.8 Å². The fraction of sp³-hybridized carbons (Fsp3) is 0. The third-order valence-corrected chi connectivity index (χ3v) is 6.03. The van der Waals surface area contributed by atoms with E-state index in [0.29, 0.717) is 23.4 Å². The number of anilines is 3. The monoisotopic (exact) mass is 615 g/mol. The molecule has 0 fully saturated rings. The first-order valence-corrected chi connectivity index (χ1v) is 11.7. The Balaban J connectivity index is 0.00000380. The van der Waals surface area contributed by atoms with Gasteiger partial charge in [0, 0.05) is 50.8 Å². The van der Waals surface area contributed by atoms with E-state index in [0.717, 1.165) is 12.1 Å².